The van der Waals surface area contributed by atoms with Gasteiger partial charge in [-0.2, -0.15) is 0 Å². The number of carbonyl (C=O) groups is 2. The summed E-state index contributed by atoms with van der Waals surface area (Å²) in [6, 6.07) is 8.60. The molecule has 2 aromatic rings. The van der Waals surface area contributed by atoms with Crippen LogP contribution in [0.4, 0.5) is 5.69 Å². The molecule has 1 aliphatic rings. The molecule has 7 heteroatoms. The Morgan fingerprint density at radius 1 is 1.46 bits per heavy atom. The summed E-state index contributed by atoms with van der Waals surface area (Å²) in [5.41, 5.74) is 0.580. The van der Waals surface area contributed by atoms with Crippen molar-refractivity contribution in [1.82, 2.24) is 5.32 Å². The van der Waals surface area contributed by atoms with Crippen molar-refractivity contribution in [2.24, 2.45) is 5.92 Å². The summed E-state index contributed by atoms with van der Waals surface area (Å²) in [5.74, 6) is 0.485. The summed E-state index contributed by atoms with van der Waals surface area (Å²) in [4.78, 5) is 26.2. The standard InChI is InChI=1S/C17H17ClN2O4/c1-23-15-5-4-12(18)8-14(15)20-10-11(7-16(20)21)17(22)19-9-13-3-2-6-24-13/h2-6,8,11H,7,9-10H2,1H3,(H,19,22). The molecule has 2 amide bonds. The van der Waals surface area contributed by atoms with E-state index in [0.29, 0.717) is 35.3 Å². The van der Waals surface area contributed by atoms with Crippen LogP contribution in [0.2, 0.25) is 5.02 Å². The fourth-order valence-electron chi connectivity index (χ4n) is 2.72. The Kier molecular flexibility index (Phi) is 4.76. The van der Waals surface area contributed by atoms with Gasteiger partial charge in [0.15, 0.2) is 0 Å². The quantitative estimate of drug-likeness (QED) is 0.901. The van der Waals surface area contributed by atoms with Crippen LogP contribution in [0.5, 0.6) is 5.75 Å². The number of carbonyl (C=O) groups excluding carboxylic acids is 2. The molecule has 0 saturated carbocycles. The maximum absolute atomic E-state index is 12.3. The van der Waals surface area contributed by atoms with Crippen molar-refractivity contribution in [1.29, 1.82) is 0 Å². The largest absolute Gasteiger partial charge is 0.495 e. The van der Waals surface area contributed by atoms with Crippen LogP contribution in [0.15, 0.2) is 41.0 Å². The normalized spacial score (nSPS) is 17.2. The number of furan rings is 1. The van der Waals surface area contributed by atoms with Gasteiger partial charge in [-0.05, 0) is 30.3 Å². The maximum Gasteiger partial charge on any atom is 0.227 e. The van der Waals surface area contributed by atoms with Crippen molar-refractivity contribution in [2.75, 3.05) is 18.6 Å². The lowest BCUT2D eigenvalue weighted by molar-refractivity contribution is -0.126. The SMILES string of the molecule is COc1ccc(Cl)cc1N1CC(C(=O)NCc2ccco2)CC1=O. The Balaban J connectivity index is 1.69. The second-order valence-corrected chi connectivity index (χ2v) is 5.96. The number of methoxy groups -OCH3 is 1. The lowest BCUT2D eigenvalue weighted by Gasteiger charge is -2.19. The second kappa shape index (κ2) is 6.97. The predicted molar refractivity (Wildman–Crippen MR) is 89.0 cm³/mol. The van der Waals surface area contributed by atoms with E-state index >= 15 is 0 Å². The summed E-state index contributed by atoms with van der Waals surface area (Å²) >= 11 is 6.02. The number of nitrogens with one attached hydrogen (secondary N) is 1. The highest BCUT2D eigenvalue weighted by molar-refractivity contribution is 6.31. The maximum atomic E-state index is 12.3. The van der Waals surface area contributed by atoms with E-state index in [0.717, 1.165) is 0 Å². The van der Waals surface area contributed by atoms with Crippen molar-refractivity contribution in [3.63, 3.8) is 0 Å². The average Bonchev–Trinajstić information content (AvgIpc) is 3.22. The minimum atomic E-state index is -0.420. The zero-order chi connectivity index (χ0) is 17.1. The molecule has 1 aromatic heterocycles. The highest BCUT2D eigenvalue weighted by Crippen LogP contribution is 2.35. The van der Waals surface area contributed by atoms with Gasteiger partial charge in [-0.25, -0.2) is 0 Å². The van der Waals surface area contributed by atoms with E-state index in [-0.39, 0.29) is 18.2 Å². The third-order valence-corrected chi connectivity index (χ3v) is 4.18. The van der Waals surface area contributed by atoms with Gasteiger partial charge in [0.25, 0.3) is 0 Å². The Morgan fingerprint density at radius 2 is 2.29 bits per heavy atom. The molecule has 3 rings (SSSR count). The van der Waals surface area contributed by atoms with Gasteiger partial charge in [0.05, 0.1) is 31.5 Å². The number of ether oxygens (including phenoxy) is 1. The minimum absolute atomic E-state index is 0.131. The smallest absolute Gasteiger partial charge is 0.227 e. The van der Waals surface area contributed by atoms with Crippen LogP contribution in [0, 0.1) is 5.92 Å². The van der Waals surface area contributed by atoms with Crippen molar-refractivity contribution < 1.29 is 18.7 Å². The summed E-state index contributed by atoms with van der Waals surface area (Å²) in [6.45, 7) is 0.594. The third-order valence-electron chi connectivity index (χ3n) is 3.94. The molecule has 1 fully saturated rings. The Bertz CT molecular complexity index is 745. The van der Waals surface area contributed by atoms with Crippen molar-refractivity contribution >= 4 is 29.1 Å². The van der Waals surface area contributed by atoms with Gasteiger partial charge >= 0.3 is 0 Å². The summed E-state index contributed by atoms with van der Waals surface area (Å²) < 4.78 is 10.5. The number of anilines is 1. The van der Waals surface area contributed by atoms with Crippen LogP contribution in [0.25, 0.3) is 0 Å². The van der Waals surface area contributed by atoms with Crippen molar-refractivity contribution in [3.8, 4) is 5.75 Å². The molecule has 0 bridgehead atoms. The number of rotatable bonds is 5. The van der Waals surface area contributed by atoms with E-state index in [1.54, 1.807) is 41.5 Å². The fourth-order valence-corrected chi connectivity index (χ4v) is 2.89. The topological polar surface area (TPSA) is 71.8 Å². The van der Waals surface area contributed by atoms with Gasteiger partial charge in [-0.15, -0.1) is 0 Å². The van der Waals surface area contributed by atoms with Crippen LogP contribution >= 0.6 is 11.6 Å². The molecule has 24 heavy (non-hydrogen) atoms. The van der Waals surface area contributed by atoms with E-state index in [2.05, 4.69) is 5.32 Å². The Labute approximate surface area is 144 Å². The number of benzene rings is 1. The van der Waals surface area contributed by atoms with Crippen LogP contribution in [-0.4, -0.2) is 25.5 Å². The predicted octanol–water partition coefficient (Wildman–Crippen LogP) is 2.61. The van der Waals surface area contributed by atoms with Gasteiger partial charge < -0.3 is 19.4 Å². The highest BCUT2D eigenvalue weighted by Gasteiger charge is 2.36. The zero-order valence-corrected chi connectivity index (χ0v) is 13.9. The number of halogens is 1. The van der Waals surface area contributed by atoms with Gasteiger partial charge in [0.1, 0.15) is 11.5 Å². The van der Waals surface area contributed by atoms with Gasteiger partial charge in [-0.1, -0.05) is 11.6 Å². The molecule has 126 valence electrons. The third kappa shape index (κ3) is 3.38. The van der Waals surface area contributed by atoms with E-state index in [4.69, 9.17) is 20.8 Å². The first-order chi connectivity index (χ1) is 11.6. The summed E-state index contributed by atoms with van der Waals surface area (Å²) in [7, 11) is 1.53. The first-order valence-electron chi connectivity index (χ1n) is 7.52. The highest BCUT2D eigenvalue weighted by atomic mass is 35.5. The average molecular weight is 349 g/mol. The zero-order valence-electron chi connectivity index (χ0n) is 13.1. The molecule has 1 aromatic carbocycles. The van der Waals surface area contributed by atoms with Gasteiger partial charge in [-0.3, -0.25) is 9.59 Å². The summed E-state index contributed by atoms with van der Waals surface area (Å²) in [6.07, 6.45) is 1.70. The van der Waals surface area contributed by atoms with Gasteiger partial charge in [0.2, 0.25) is 11.8 Å². The molecule has 1 N–H and O–H groups in total. The Morgan fingerprint density at radius 3 is 3.00 bits per heavy atom. The molecule has 1 aliphatic heterocycles. The summed E-state index contributed by atoms with van der Waals surface area (Å²) in [5, 5.41) is 3.29. The van der Waals surface area contributed by atoms with Crippen LogP contribution in [-0.2, 0) is 16.1 Å². The Hall–Kier alpha value is -2.47. The van der Waals surface area contributed by atoms with Crippen LogP contribution < -0.4 is 15.0 Å². The molecule has 1 unspecified atom stereocenters. The molecular formula is C17H17ClN2O4. The van der Waals surface area contributed by atoms with Crippen LogP contribution in [0.1, 0.15) is 12.2 Å². The van der Waals surface area contributed by atoms with Gasteiger partial charge in [0, 0.05) is 18.0 Å². The second-order valence-electron chi connectivity index (χ2n) is 5.52. The molecule has 0 radical (unpaired) electrons. The van der Waals surface area contributed by atoms with E-state index in [1.165, 1.54) is 7.11 Å². The fraction of sp³-hybridized carbons (Fsp3) is 0.294. The van der Waals surface area contributed by atoms with E-state index < -0.39 is 5.92 Å². The monoisotopic (exact) mass is 348 g/mol. The lowest BCUT2D eigenvalue weighted by atomic mass is 10.1. The van der Waals surface area contributed by atoms with Crippen LogP contribution in [0.3, 0.4) is 0 Å². The molecule has 1 saturated heterocycles. The first-order valence-corrected chi connectivity index (χ1v) is 7.90. The molecule has 1 atom stereocenters. The molecule has 6 nitrogen and oxygen atoms in total. The number of hydrogen-bond acceptors (Lipinski definition) is 4. The molecule has 0 aliphatic carbocycles. The molecule has 0 spiro atoms. The first kappa shape index (κ1) is 16.4. The van der Waals surface area contributed by atoms with Crippen molar-refractivity contribution in [3.05, 3.63) is 47.4 Å². The van der Waals surface area contributed by atoms with Crippen molar-refractivity contribution in [2.45, 2.75) is 13.0 Å². The minimum Gasteiger partial charge on any atom is -0.495 e. The lowest BCUT2D eigenvalue weighted by Crippen LogP contribution is -2.32. The molecular weight excluding hydrogens is 332 g/mol. The number of nitrogens with zero attached hydrogens (tertiary/aromatic N) is 1. The van der Waals surface area contributed by atoms with E-state index in [1.807, 2.05) is 0 Å². The molecule has 2 heterocycles. The van der Waals surface area contributed by atoms with E-state index in [9.17, 15) is 9.59 Å². The number of hydrogen-bond donors (Lipinski definition) is 1. The number of amides is 2.